The van der Waals surface area contributed by atoms with Crippen molar-refractivity contribution in [2.24, 2.45) is 5.92 Å². The smallest absolute Gasteiger partial charge is 0.226 e. The summed E-state index contributed by atoms with van der Waals surface area (Å²) in [5.74, 6) is 0.681. The minimum absolute atomic E-state index is 0.337. The molecule has 0 atom stereocenters. The van der Waals surface area contributed by atoms with Crippen LogP contribution in [0.4, 0.5) is 5.69 Å². The molecule has 0 radical (unpaired) electrons. The number of nitrogen functional groups attached to an aromatic ring is 1. The van der Waals surface area contributed by atoms with E-state index in [1.807, 2.05) is 29.2 Å². The number of benzene rings is 1. The molecule has 3 fully saturated rings. The summed E-state index contributed by atoms with van der Waals surface area (Å²) in [5, 5.41) is 0. The Hall–Kier alpha value is -1.51. The first-order chi connectivity index (χ1) is 7.24. The van der Waals surface area contributed by atoms with Gasteiger partial charge in [-0.2, -0.15) is 0 Å². The van der Waals surface area contributed by atoms with Crippen LogP contribution in [0, 0.1) is 5.92 Å². The van der Waals surface area contributed by atoms with E-state index in [1.54, 1.807) is 0 Å². The van der Waals surface area contributed by atoms with Crippen molar-refractivity contribution in [3.8, 4) is 0 Å². The van der Waals surface area contributed by atoms with Crippen LogP contribution in [-0.2, 0) is 11.3 Å². The van der Waals surface area contributed by atoms with Crippen molar-refractivity contribution in [3.05, 3.63) is 29.8 Å². The van der Waals surface area contributed by atoms with Gasteiger partial charge in [-0.3, -0.25) is 4.79 Å². The highest BCUT2D eigenvalue weighted by molar-refractivity contribution is 5.84. The maximum Gasteiger partial charge on any atom is 0.226 e. The summed E-state index contributed by atoms with van der Waals surface area (Å²) in [4.78, 5) is 13.7. The molecule has 3 aliphatic rings. The van der Waals surface area contributed by atoms with Gasteiger partial charge < -0.3 is 10.6 Å². The molecular weight excluding hydrogens is 188 g/mol. The number of nitrogens with zero attached hydrogens (tertiary/aromatic N) is 1. The third kappa shape index (κ3) is 1.30. The van der Waals surface area contributed by atoms with Gasteiger partial charge in [-0.1, -0.05) is 12.1 Å². The molecule has 15 heavy (non-hydrogen) atoms. The molecule has 2 bridgehead atoms. The van der Waals surface area contributed by atoms with Crippen LogP contribution in [0.5, 0.6) is 0 Å². The second kappa shape index (κ2) is 2.99. The van der Waals surface area contributed by atoms with E-state index in [9.17, 15) is 4.79 Å². The summed E-state index contributed by atoms with van der Waals surface area (Å²) in [5.41, 5.74) is 7.56. The fourth-order valence-corrected chi connectivity index (χ4v) is 2.49. The second-order valence-electron chi connectivity index (χ2n) is 4.53. The summed E-state index contributed by atoms with van der Waals surface area (Å²) in [7, 11) is 0. The van der Waals surface area contributed by atoms with Crippen LogP contribution in [0.1, 0.15) is 18.4 Å². The normalized spacial score (nSPS) is 28.0. The minimum Gasteiger partial charge on any atom is -0.399 e. The van der Waals surface area contributed by atoms with Crippen molar-refractivity contribution >= 4 is 11.6 Å². The average Bonchev–Trinajstić information content (AvgIpc) is 2.60. The molecule has 1 aromatic rings. The number of amides is 1. The van der Waals surface area contributed by atoms with Crippen LogP contribution in [0.15, 0.2) is 24.3 Å². The van der Waals surface area contributed by atoms with Gasteiger partial charge in [0.25, 0.3) is 0 Å². The predicted molar refractivity (Wildman–Crippen MR) is 57.9 cm³/mol. The molecule has 0 unspecified atom stereocenters. The van der Waals surface area contributed by atoms with Gasteiger partial charge in [0, 0.05) is 24.2 Å². The second-order valence-corrected chi connectivity index (χ2v) is 4.53. The van der Waals surface area contributed by atoms with Gasteiger partial charge in [0.2, 0.25) is 5.91 Å². The van der Waals surface area contributed by atoms with Crippen molar-refractivity contribution in [3.63, 3.8) is 0 Å². The standard InChI is InChI=1S/C12H14N2O/c13-10-3-1-8(2-4-10)7-14-11-5-9(6-11)12(14)15/h1-4,9,11H,5-7,13H2. The molecule has 0 spiro atoms. The molecule has 1 aromatic carbocycles. The Kier molecular flexibility index (Phi) is 1.75. The fourth-order valence-electron chi connectivity index (χ4n) is 2.49. The summed E-state index contributed by atoms with van der Waals surface area (Å²) in [6.07, 6.45) is 2.15. The Balaban J connectivity index is 1.75. The van der Waals surface area contributed by atoms with Crippen molar-refractivity contribution in [2.75, 3.05) is 5.73 Å². The number of fused-ring (bicyclic) bond motifs is 1. The zero-order valence-electron chi connectivity index (χ0n) is 8.52. The summed E-state index contributed by atoms with van der Waals surface area (Å²) < 4.78 is 0. The Morgan fingerprint density at radius 3 is 2.47 bits per heavy atom. The highest BCUT2D eigenvalue weighted by atomic mass is 16.2. The zero-order chi connectivity index (χ0) is 10.4. The maximum absolute atomic E-state index is 11.7. The van der Waals surface area contributed by atoms with Crippen LogP contribution in [-0.4, -0.2) is 16.8 Å². The van der Waals surface area contributed by atoms with Gasteiger partial charge >= 0.3 is 0 Å². The van der Waals surface area contributed by atoms with Gasteiger partial charge in [-0.25, -0.2) is 0 Å². The van der Waals surface area contributed by atoms with E-state index in [-0.39, 0.29) is 0 Å². The zero-order valence-corrected chi connectivity index (χ0v) is 8.52. The van der Waals surface area contributed by atoms with Crippen LogP contribution in [0.25, 0.3) is 0 Å². The molecule has 0 aromatic heterocycles. The van der Waals surface area contributed by atoms with Gasteiger partial charge in [0.05, 0.1) is 0 Å². The van der Waals surface area contributed by atoms with Gasteiger partial charge in [-0.05, 0) is 30.5 Å². The van der Waals surface area contributed by atoms with E-state index >= 15 is 0 Å². The van der Waals surface area contributed by atoms with Crippen LogP contribution in [0.3, 0.4) is 0 Å². The molecule has 2 heterocycles. The molecule has 3 heteroatoms. The van der Waals surface area contributed by atoms with E-state index in [2.05, 4.69) is 0 Å². The SMILES string of the molecule is Nc1ccc(CN2C(=O)C3CC2C3)cc1. The fraction of sp³-hybridized carbons (Fsp3) is 0.417. The molecular formula is C12H14N2O. The van der Waals surface area contributed by atoms with E-state index in [1.165, 1.54) is 5.56 Å². The van der Waals surface area contributed by atoms with Crippen LogP contribution < -0.4 is 5.73 Å². The Labute approximate surface area is 88.9 Å². The molecule has 3 nitrogen and oxygen atoms in total. The van der Waals surface area contributed by atoms with Crippen molar-refractivity contribution < 1.29 is 4.79 Å². The number of nitrogens with two attached hydrogens (primary N) is 1. The van der Waals surface area contributed by atoms with Gasteiger partial charge in [0.1, 0.15) is 0 Å². The largest absolute Gasteiger partial charge is 0.399 e. The Bertz CT molecular complexity index is 393. The maximum atomic E-state index is 11.7. The van der Waals surface area contributed by atoms with Crippen LogP contribution >= 0.6 is 0 Å². The van der Waals surface area contributed by atoms with Crippen molar-refractivity contribution in [1.29, 1.82) is 0 Å². The molecule has 1 aliphatic carbocycles. The first-order valence-corrected chi connectivity index (χ1v) is 5.39. The summed E-state index contributed by atoms with van der Waals surface area (Å²) in [6, 6.07) is 8.29. The lowest BCUT2D eigenvalue weighted by Crippen LogP contribution is -2.29. The lowest BCUT2D eigenvalue weighted by molar-refractivity contribution is -0.129. The van der Waals surface area contributed by atoms with E-state index < -0.39 is 0 Å². The van der Waals surface area contributed by atoms with Crippen molar-refractivity contribution in [2.45, 2.75) is 25.4 Å². The number of carbonyl (C=O) groups is 1. The lowest BCUT2D eigenvalue weighted by Gasteiger charge is -2.25. The molecule has 1 amide bonds. The van der Waals surface area contributed by atoms with E-state index in [0.717, 1.165) is 25.1 Å². The highest BCUT2D eigenvalue weighted by Gasteiger charge is 2.49. The van der Waals surface area contributed by atoms with E-state index in [4.69, 9.17) is 5.73 Å². The summed E-state index contributed by atoms with van der Waals surface area (Å²) >= 11 is 0. The number of rotatable bonds is 2. The topological polar surface area (TPSA) is 46.3 Å². The average molecular weight is 202 g/mol. The lowest BCUT2D eigenvalue weighted by atomic mass is 9.86. The van der Waals surface area contributed by atoms with E-state index in [0.29, 0.717) is 17.9 Å². The molecule has 4 rings (SSSR count). The number of hydrogen-bond acceptors (Lipinski definition) is 2. The first kappa shape index (κ1) is 8.77. The molecule has 1 saturated carbocycles. The number of anilines is 1. The molecule has 2 saturated heterocycles. The third-order valence-electron chi connectivity index (χ3n) is 3.52. The Morgan fingerprint density at radius 1 is 1.27 bits per heavy atom. The first-order valence-electron chi connectivity index (χ1n) is 5.39. The molecule has 2 N–H and O–H groups in total. The monoisotopic (exact) mass is 202 g/mol. The summed E-state index contributed by atoms with van der Waals surface area (Å²) in [6.45, 7) is 0.750. The predicted octanol–water partition coefficient (Wildman–Crippen LogP) is 1.39. The quantitative estimate of drug-likeness (QED) is 0.737. The molecule has 78 valence electrons. The third-order valence-corrected chi connectivity index (χ3v) is 3.52. The Morgan fingerprint density at radius 2 is 1.93 bits per heavy atom. The van der Waals surface area contributed by atoms with Gasteiger partial charge in [-0.15, -0.1) is 0 Å². The van der Waals surface area contributed by atoms with Crippen molar-refractivity contribution in [1.82, 2.24) is 4.90 Å². The minimum atomic E-state index is 0.337. The van der Waals surface area contributed by atoms with Crippen LogP contribution in [0.2, 0.25) is 0 Å². The number of carbonyl (C=O) groups excluding carboxylic acids is 1. The molecule has 2 aliphatic heterocycles. The van der Waals surface area contributed by atoms with Gasteiger partial charge in [0.15, 0.2) is 0 Å². The number of hydrogen-bond donors (Lipinski definition) is 1. The highest BCUT2D eigenvalue weighted by Crippen LogP contribution is 2.42.